The largest absolute Gasteiger partial charge is 0.309 e. The molecule has 0 bridgehead atoms. The third-order valence-electron chi connectivity index (χ3n) is 10.3. The molecule has 0 aliphatic carbocycles. The molecule has 0 fully saturated rings. The molecule has 1 aliphatic heterocycles. The zero-order chi connectivity index (χ0) is 36.6. The third-order valence-corrected chi connectivity index (χ3v) is 12.4. The molecule has 54 heavy (non-hydrogen) atoms. The van der Waals surface area contributed by atoms with Crippen molar-refractivity contribution >= 4 is 85.5 Å². The lowest BCUT2D eigenvalue weighted by Crippen LogP contribution is -2.35. The summed E-state index contributed by atoms with van der Waals surface area (Å²) in [5.41, 5.74) is 10.2. The maximum absolute atomic E-state index is 5.17. The molecule has 10 rings (SSSR count). The predicted octanol–water partition coefficient (Wildman–Crippen LogP) is 13.7. The van der Waals surface area contributed by atoms with Crippen LogP contribution in [0.1, 0.15) is 22.3 Å². The smallest absolute Gasteiger partial charge is 0.164 e. The van der Waals surface area contributed by atoms with Crippen LogP contribution in [0.25, 0.3) is 61.7 Å². The van der Waals surface area contributed by atoms with Crippen molar-refractivity contribution in [3.8, 4) is 39.9 Å². The van der Waals surface area contributed by atoms with Crippen LogP contribution in [-0.4, -0.2) is 19.5 Å². The first-order chi connectivity index (χ1) is 26.4. The zero-order valence-electron chi connectivity index (χ0n) is 28.3. The van der Waals surface area contributed by atoms with Crippen molar-refractivity contribution in [2.75, 3.05) is 0 Å². The van der Waals surface area contributed by atoms with Crippen molar-refractivity contribution in [1.29, 1.82) is 0 Å². The molecule has 2 aromatic heterocycles. The van der Waals surface area contributed by atoms with Gasteiger partial charge in [0.2, 0.25) is 0 Å². The molecule has 4 nitrogen and oxygen atoms in total. The first kappa shape index (κ1) is 33.8. The highest BCUT2D eigenvalue weighted by Gasteiger charge is 2.45. The molecule has 0 spiro atoms. The Morgan fingerprint density at radius 2 is 0.907 bits per heavy atom. The molecule has 9 aromatic rings. The van der Waals surface area contributed by atoms with E-state index in [-0.39, 0.29) is 0 Å². The monoisotopic (exact) mass is 950 g/mol. The Balaban J connectivity index is 1.33. The molecule has 0 N–H and O–H groups in total. The Morgan fingerprint density at radius 1 is 0.407 bits per heavy atom. The molecule has 7 aromatic carbocycles. The molecular formula is C46H26Br4N4. The Bertz CT molecular complexity index is 2800. The van der Waals surface area contributed by atoms with Gasteiger partial charge in [-0.1, -0.05) is 149 Å². The summed E-state index contributed by atoms with van der Waals surface area (Å²) in [6, 6.07) is 55.8. The van der Waals surface area contributed by atoms with Crippen molar-refractivity contribution in [1.82, 2.24) is 19.5 Å². The van der Waals surface area contributed by atoms with Gasteiger partial charge in [-0.05, 0) is 95.1 Å². The van der Waals surface area contributed by atoms with Gasteiger partial charge >= 0.3 is 0 Å². The van der Waals surface area contributed by atoms with E-state index in [1.165, 1.54) is 33.0 Å². The van der Waals surface area contributed by atoms with Crippen molar-refractivity contribution in [2.45, 2.75) is 5.41 Å². The molecule has 0 amide bonds. The standard InChI is InChI=1S/C46H26Br4N4/c47-32-16-11-27(12-17-32)43-51-44(28-13-18-33(48)19-14-28)53-45(52-43)29-15-21-41-38(23-29)46(30-7-3-1-4-8-30,31-9-5-2-6-10-31)39-26-35(50)25-37-36-24-34(49)20-22-40(36)54(41)42(37)39/h1-26H. The van der Waals surface area contributed by atoms with Crippen molar-refractivity contribution in [2.24, 2.45) is 0 Å². The van der Waals surface area contributed by atoms with Crippen LogP contribution in [0.2, 0.25) is 0 Å². The van der Waals surface area contributed by atoms with Gasteiger partial charge < -0.3 is 4.57 Å². The minimum absolute atomic E-state index is 0.602. The fourth-order valence-corrected chi connectivity index (χ4v) is 9.41. The van der Waals surface area contributed by atoms with Crippen LogP contribution in [0.5, 0.6) is 0 Å². The molecule has 0 saturated carbocycles. The number of hydrogen-bond acceptors (Lipinski definition) is 3. The summed E-state index contributed by atoms with van der Waals surface area (Å²) in [6.07, 6.45) is 0. The van der Waals surface area contributed by atoms with Gasteiger partial charge in [0.15, 0.2) is 17.5 Å². The van der Waals surface area contributed by atoms with E-state index in [4.69, 9.17) is 15.0 Å². The van der Waals surface area contributed by atoms with Crippen molar-refractivity contribution < 1.29 is 0 Å². The predicted molar refractivity (Wildman–Crippen MR) is 233 cm³/mol. The average molecular weight is 954 g/mol. The minimum atomic E-state index is -0.687. The molecule has 8 heteroatoms. The number of rotatable bonds is 5. The lowest BCUT2D eigenvalue weighted by Gasteiger charge is -2.42. The first-order valence-electron chi connectivity index (χ1n) is 17.4. The Kier molecular flexibility index (Phi) is 8.29. The number of aromatic nitrogens is 4. The average Bonchev–Trinajstić information content (AvgIpc) is 3.52. The lowest BCUT2D eigenvalue weighted by atomic mass is 9.63. The number of halogens is 4. The highest BCUT2D eigenvalue weighted by atomic mass is 79.9. The number of hydrogen-bond donors (Lipinski definition) is 0. The van der Waals surface area contributed by atoms with Crippen LogP contribution in [0.15, 0.2) is 176 Å². The van der Waals surface area contributed by atoms with Gasteiger partial charge in [-0.15, -0.1) is 0 Å². The summed E-state index contributed by atoms with van der Waals surface area (Å²) in [5, 5.41) is 2.38. The fourth-order valence-electron chi connectivity index (χ4n) is 8.06. The minimum Gasteiger partial charge on any atom is -0.309 e. The molecule has 0 atom stereocenters. The maximum Gasteiger partial charge on any atom is 0.164 e. The van der Waals surface area contributed by atoms with Gasteiger partial charge in [0, 0.05) is 45.4 Å². The summed E-state index contributed by atoms with van der Waals surface area (Å²) < 4.78 is 6.49. The van der Waals surface area contributed by atoms with Gasteiger partial charge in [-0.3, -0.25) is 0 Å². The first-order valence-corrected chi connectivity index (χ1v) is 20.5. The second kappa shape index (κ2) is 13.2. The Hall–Kier alpha value is -4.73. The highest BCUT2D eigenvalue weighted by molar-refractivity contribution is 9.11. The Morgan fingerprint density at radius 3 is 1.48 bits per heavy atom. The summed E-state index contributed by atoms with van der Waals surface area (Å²) in [5.74, 6) is 1.82. The van der Waals surface area contributed by atoms with E-state index in [0.717, 1.165) is 51.3 Å². The molecule has 3 heterocycles. The zero-order valence-corrected chi connectivity index (χ0v) is 34.7. The van der Waals surface area contributed by atoms with Crippen molar-refractivity contribution in [3.05, 3.63) is 198 Å². The van der Waals surface area contributed by atoms with E-state index in [9.17, 15) is 0 Å². The number of benzene rings is 7. The molecule has 0 unspecified atom stereocenters. The van der Waals surface area contributed by atoms with Crippen molar-refractivity contribution in [3.63, 3.8) is 0 Å². The maximum atomic E-state index is 5.17. The van der Waals surface area contributed by atoms with Crippen LogP contribution in [0, 0.1) is 0 Å². The van der Waals surface area contributed by atoms with Crippen LogP contribution in [-0.2, 0) is 5.41 Å². The van der Waals surface area contributed by atoms with Crippen LogP contribution in [0.3, 0.4) is 0 Å². The third kappa shape index (κ3) is 5.37. The molecular weight excluding hydrogens is 928 g/mol. The molecule has 0 saturated heterocycles. The van der Waals surface area contributed by atoms with Crippen LogP contribution in [0.4, 0.5) is 0 Å². The second-order valence-corrected chi connectivity index (χ2v) is 17.0. The summed E-state index contributed by atoms with van der Waals surface area (Å²) >= 11 is 14.9. The summed E-state index contributed by atoms with van der Waals surface area (Å²) in [7, 11) is 0. The lowest BCUT2D eigenvalue weighted by molar-refractivity contribution is 0.727. The van der Waals surface area contributed by atoms with E-state index in [2.05, 4.69) is 177 Å². The molecule has 258 valence electrons. The van der Waals surface area contributed by atoms with Crippen LogP contribution >= 0.6 is 63.7 Å². The topological polar surface area (TPSA) is 43.6 Å². The highest BCUT2D eigenvalue weighted by Crippen LogP contribution is 2.55. The van der Waals surface area contributed by atoms with Gasteiger partial charge in [0.05, 0.1) is 22.1 Å². The van der Waals surface area contributed by atoms with E-state index < -0.39 is 5.41 Å². The Labute approximate surface area is 345 Å². The second-order valence-electron chi connectivity index (χ2n) is 13.4. The summed E-state index contributed by atoms with van der Waals surface area (Å²) in [4.78, 5) is 15.3. The number of fused-ring (bicyclic) bond motifs is 5. The SMILES string of the molecule is Brc1ccc(-c2nc(-c3ccc(Br)cc3)nc(-c3ccc4c(c3)C(c3ccccc3)(c3ccccc3)c3cc(Br)cc5c6cc(Br)ccc6n-4c35)n2)cc1. The van der Waals surface area contributed by atoms with Gasteiger partial charge in [0.25, 0.3) is 0 Å². The van der Waals surface area contributed by atoms with Crippen LogP contribution < -0.4 is 0 Å². The summed E-state index contributed by atoms with van der Waals surface area (Å²) in [6.45, 7) is 0. The van der Waals surface area contributed by atoms with Gasteiger partial charge in [-0.25, -0.2) is 15.0 Å². The van der Waals surface area contributed by atoms with E-state index in [1.807, 2.05) is 48.5 Å². The number of nitrogens with zero attached hydrogens (tertiary/aromatic N) is 4. The van der Waals surface area contributed by atoms with E-state index >= 15 is 0 Å². The van der Waals surface area contributed by atoms with Gasteiger partial charge in [0.1, 0.15) is 0 Å². The van der Waals surface area contributed by atoms with Gasteiger partial charge in [-0.2, -0.15) is 0 Å². The van der Waals surface area contributed by atoms with E-state index in [0.29, 0.717) is 17.5 Å². The quantitative estimate of drug-likeness (QED) is 0.173. The normalized spacial score (nSPS) is 13.0. The molecule has 1 aliphatic rings. The van der Waals surface area contributed by atoms with E-state index in [1.54, 1.807) is 0 Å². The molecule has 0 radical (unpaired) electrons. The fraction of sp³-hybridized carbons (Fsp3) is 0.0217.